The SMILES string of the molecule is O=C(Cc1cc2c(cc1Br)OCCO2)Nc1cccc(Cl)c1F. The maximum atomic E-state index is 13.8. The fraction of sp³-hybridized carbons (Fsp3) is 0.188. The third-order valence-electron chi connectivity index (χ3n) is 3.29. The lowest BCUT2D eigenvalue weighted by Gasteiger charge is -2.19. The summed E-state index contributed by atoms with van der Waals surface area (Å²) >= 11 is 9.10. The third kappa shape index (κ3) is 3.59. The second-order valence-electron chi connectivity index (χ2n) is 4.91. The van der Waals surface area contributed by atoms with Crippen molar-refractivity contribution in [2.24, 2.45) is 0 Å². The number of anilines is 1. The number of halogens is 3. The van der Waals surface area contributed by atoms with Crippen LogP contribution in [0.5, 0.6) is 11.5 Å². The Hall–Kier alpha value is -1.79. The second kappa shape index (κ2) is 6.76. The second-order valence-corrected chi connectivity index (χ2v) is 6.18. The largest absolute Gasteiger partial charge is 0.486 e. The van der Waals surface area contributed by atoms with Crippen LogP contribution in [0, 0.1) is 5.82 Å². The molecule has 0 atom stereocenters. The van der Waals surface area contributed by atoms with Crippen LogP contribution in [0.4, 0.5) is 10.1 Å². The molecule has 0 saturated carbocycles. The molecule has 23 heavy (non-hydrogen) atoms. The van der Waals surface area contributed by atoms with Crippen LogP contribution in [0.1, 0.15) is 5.56 Å². The van der Waals surface area contributed by atoms with Crippen LogP contribution in [-0.2, 0) is 11.2 Å². The van der Waals surface area contributed by atoms with Crippen LogP contribution in [0.3, 0.4) is 0 Å². The smallest absolute Gasteiger partial charge is 0.228 e. The quantitative estimate of drug-likeness (QED) is 0.840. The van der Waals surface area contributed by atoms with E-state index >= 15 is 0 Å². The summed E-state index contributed by atoms with van der Waals surface area (Å²) in [4.78, 5) is 12.2. The molecule has 4 nitrogen and oxygen atoms in total. The summed E-state index contributed by atoms with van der Waals surface area (Å²) < 4.78 is 25.5. The summed E-state index contributed by atoms with van der Waals surface area (Å²) in [5, 5.41) is 2.48. The van der Waals surface area contributed by atoms with Crippen molar-refractivity contribution in [3.63, 3.8) is 0 Å². The van der Waals surface area contributed by atoms with Crippen LogP contribution in [0.15, 0.2) is 34.8 Å². The van der Waals surface area contributed by atoms with Gasteiger partial charge in [-0.25, -0.2) is 4.39 Å². The Balaban J connectivity index is 1.76. The molecule has 2 aromatic carbocycles. The Morgan fingerprint density at radius 1 is 1.26 bits per heavy atom. The van der Waals surface area contributed by atoms with E-state index in [4.69, 9.17) is 21.1 Å². The molecule has 0 radical (unpaired) electrons. The van der Waals surface area contributed by atoms with Crippen LogP contribution in [0.2, 0.25) is 5.02 Å². The number of benzene rings is 2. The van der Waals surface area contributed by atoms with Gasteiger partial charge in [0, 0.05) is 4.47 Å². The van der Waals surface area contributed by atoms with Crippen molar-refractivity contribution in [3.8, 4) is 11.5 Å². The van der Waals surface area contributed by atoms with Gasteiger partial charge in [-0.3, -0.25) is 4.79 Å². The highest BCUT2D eigenvalue weighted by Crippen LogP contribution is 2.35. The zero-order chi connectivity index (χ0) is 16.4. The molecule has 2 aromatic rings. The number of ether oxygens (including phenoxy) is 2. The molecule has 1 amide bonds. The van der Waals surface area contributed by atoms with Crippen LogP contribution in [0.25, 0.3) is 0 Å². The minimum absolute atomic E-state index is 0.0386. The summed E-state index contributed by atoms with van der Waals surface area (Å²) in [7, 11) is 0. The molecule has 0 fully saturated rings. The van der Waals surface area contributed by atoms with Crippen LogP contribution >= 0.6 is 27.5 Å². The molecule has 120 valence electrons. The van der Waals surface area contributed by atoms with Crippen molar-refractivity contribution in [1.82, 2.24) is 0 Å². The minimum atomic E-state index is -0.649. The van der Waals surface area contributed by atoms with Gasteiger partial charge in [-0.2, -0.15) is 0 Å². The summed E-state index contributed by atoms with van der Waals surface area (Å²) in [6.45, 7) is 0.960. The lowest BCUT2D eigenvalue weighted by molar-refractivity contribution is -0.115. The standard InChI is InChI=1S/C16H12BrClFNO3/c17-10-8-14-13(22-4-5-23-14)6-9(10)7-15(21)20-12-3-1-2-11(18)16(12)19/h1-3,6,8H,4-5,7H2,(H,20,21). The van der Waals surface area contributed by atoms with Crippen molar-refractivity contribution in [2.45, 2.75) is 6.42 Å². The summed E-state index contributed by atoms with van der Waals surface area (Å²) in [6.07, 6.45) is 0.0587. The van der Waals surface area contributed by atoms with E-state index in [1.807, 2.05) is 0 Å². The first-order chi connectivity index (χ1) is 11.0. The highest BCUT2D eigenvalue weighted by molar-refractivity contribution is 9.10. The number of fused-ring (bicyclic) bond motifs is 1. The molecule has 0 saturated heterocycles. The van der Waals surface area contributed by atoms with E-state index in [1.54, 1.807) is 18.2 Å². The molecule has 7 heteroatoms. The highest BCUT2D eigenvalue weighted by Gasteiger charge is 2.17. The van der Waals surface area contributed by atoms with E-state index in [2.05, 4.69) is 21.2 Å². The van der Waals surface area contributed by atoms with E-state index in [0.717, 1.165) is 4.47 Å². The van der Waals surface area contributed by atoms with E-state index in [0.29, 0.717) is 30.3 Å². The maximum Gasteiger partial charge on any atom is 0.228 e. The monoisotopic (exact) mass is 399 g/mol. The van der Waals surface area contributed by atoms with Crippen molar-refractivity contribution in [2.75, 3.05) is 18.5 Å². The first-order valence-corrected chi connectivity index (χ1v) is 8.03. The van der Waals surface area contributed by atoms with Gasteiger partial charge in [-0.05, 0) is 29.8 Å². The summed E-state index contributed by atoms with van der Waals surface area (Å²) in [5.41, 5.74) is 0.769. The number of hydrogen-bond acceptors (Lipinski definition) is 3. The zero-order valence-corrected chi connectivity index (χ0v) is 14.2. The van der Waals surface area contributed by atoms with E-state index in [-0.39, 0.29) is 23.0 Å². The highest BCUT2D eigenvalue weighted by atomic mass is 79.9. The molecular formula is C16H12BrClFNO3. The maximum absolute atomic E-state index is 13.8. The Kier molecular flexibility index (Phi) is 4.73. The molecule has 3 rings (SSSR count). The summed E-state index contributed by atoms with van der Waals surface area (Å²) in [5.74, 6) is 0.219. The number of carbonyl (C=O) groups is 1. The predicted molar refractivity (Wildman–Crippen MR) is 88.9 cm³/mol. The average molecular weight is 401 g/mol. The minimum Gasteiger partial charge on any atom is -0.486 e. The van der Waals surface area contributed by atoms with E-state index in [1.165, 1.54) is 12.1 Å². The van der Waals surface area contributed by atoms with Gasteiger partial charge in [0.2, 0.25) is 5.91 Å². The molecule has 1 aliphatic rings. The Labute approximate surface area is 145 Å². The molecule has 0 aromatic heterocycles. The van der Waals surface area contributed by atoms with Crippen LogP contribution in [-0.4, -0.2) is 19.1 Å². The number of rotatable bonds is 3. The fourth-order valence-electron chi connectivity index (χ4n) is 2.21. The van der Waals surface area contributed by atoms with Gasteiger partial charge in [-0.15, -0.1) is 0 Å². The molecule has 1 heterocycles. The zero-order valence-electron chi connectivity index (χ0n) is 11.9. The van der Waals surface area contributed by atoms with Gasteiger partial charge in [0.1, 0.15) is 13.2 Å². The Bertz CT molecular complexity index is 769. The van der Waals surface area contributed by atoms with E-state index < -0.39 is 5.82 Å². The lowest BCUT2D eigenvalue weighted by atomic mass is 10.1. The number of amides is 1. The number of hydrogen-bond donors (Lipinski definition) is 1. The third-order valence-corrected chi connectivity index (χ3v) is 4.32. The average Bonchev–Trinajstić information content (AvgIpc) is 2.52. The Morgan fingerprint density at radius 2 is 1.96 bits per heavy atom. The molecule has 0 bridgehead atoms. The summed E-state index contributed by atoms with van der Waals surface area (Å²) in [6, 6.07) is 7.95. The first kappa shape index (κ1) is 16.1. The van der Waals surface area contributed by atoms with Crippen LogP contribution < -0.4 is 14.8 Å². The first-order valence-electron chi connectivity index (χ1n) is 6.86. The number of carbonyl (C=O) groups excluding carboxylic acids is 1. The fourth-order valence-corrected chi connectivity index (χ4v) is 2.85. The van der Waals surface area contributed by atoms with Crippen molar-refractivity contribution in [1.29, 1.82) is 0 Å². The predicted octanol–water partition coefficient (Wildman–Crippen LogP) is 4.19. The van der Waals surface area contributed by atoms with Gasteiger partial charge in [0.05, 0.1) is 17.1 Å². The van der Waals surface area contributed by atoms with Crippen molar-refractivity contribution < 1.29 is 18.7 Å². The molecule has 0 spiro atoms. The molecule has 0 unspecified atom stereocenters. The molecule has 1 N–H and O–H groups in total. The Morgan fingerprint density at radius 3 is 2.70 bits per heavy atom. The molecule has 1 aliphatic heterocycles. The molecule has 0 aliphatic carbocycles. The van der Waals surface area contributed by atoms with Gasteiger partial charge in [0.15, 0.2) is 17.3 Å². The van der Waals surface area contributed by atoms with Gasteiger partial charge in [0.25, 0.3) is 0 Å². The van der Waals surface area contributed by atoms with Gasteiger partial charge < -0.3 is 14.8 Å². The lowest BCUT2D eigenvalue weighted by Crippen LogP contribution is -2.18. The van der Waals surface area contributed by atoms with Crippen molar-refractivity contribution >= 4 is 39.1 Å². The normalized spacial score (nSPS) is 12.8. The van der Waals surface area contributed by atoms with Gasteiger partial charge in [-0.1, -0.05) is 33.6 Å². The van der Waals surface area contributed by atoms with E-state index in [9.17, 15) is 9.18 Å². The van der Waals surface area contributed by atoms with Gasteiger partial charge >= 0.3 is 0 Å². The topological polar surface area (TPSA) is 47.6 Å². The number of nitrogens with one attached hydrogen (secondary N) is 1. The molecular weight excluding hydrogens is 389 g/mol. The van der Waals surface area contributed by atoms with Crippen molar-refractivity contribution in [3.05, 3.63) is 51.2 Å².